The average molecular weight is 343 g/mol. The van der Waals surface area contributed by atoms with E-state index in [2.05, 4.69) is 21.2 Å². The number of hydrogen-bond acceptors (Lipinski definition) is 2. The smallest absolute Gasteiger partial charge is 0.252 e. The van der Waals surface area contributed by atoms with Gasteiger partial charge in [0, 0.05) is 13.1 Å². The van der Waals surface area contributed by atoms with Crippen LogP contribution in [0.1, 0.15) is 29.6 Å². The van der Waals surface area contributed by atoms with E-state index in [9.17, 15) is 14.0 Å². The molecule has 1 N–H and O–H groups in total. The average Bonchev–Trinajstić information content (AvgIpc) is 2.48. The molecule has 6 heteroatoms. The molecule has 2 amide bonds. The molecule has 1 fully saturated rings. The Morgan fingerprint density at radius 2 is 1.95 bits per heavy atom. The summed E-state index contributed by atoms with van der Waals surface area (Å²) in [6.07, 6.45) is 3.16. The lowest BCUT2D eigenvalue weighted by Gasteiger charge is -2.26. The molecule has 0 spiro atoms. The van der Waals surface area contributed by atoms with Gasteiger partial charge in [0.25, 0.3) is 5.91 Å². The summed E-state index contributed by atoms with van der Waals surface area (Å²) in [6.45, 7) is 1.44. The van der Waals surface area contributed by atoms with Crippen LogP contribution in [0.5, 0.6) is 0 Å². The van der Waals surface area contributed by atoms with Crippen molar-refractivity contribution < 1.29 is 14.0 Å². The number of amides is 2. The SMILES string of the molecule is O=C(NCC(=O)N1CCCCC1)c1cccc(F)c1Br. The second-order valence-electron chi connectivity index (χ2n) is 4.73. The number of nitrogens with zero attached hydrogens (tertiary/aromatic N) is 1. The van der Waals surface area contributed by atoms with Crippen LogP contribution in [0.3, 0.4) is 0 Å². The number of hydrogen-bond donors (Lipinski definition) is 1. The van der Waals surface area contributed by atoms with Crippen LogP contribution in [-0.2, 0) is 4.79 Å². The first-order valence-electron chi connectivity index (χ1n) is 6.59. The zero-order chi connectivity index (χ0) is 14.5. The normalized spacial score (nSPS) is 15.0. The fourth-order valence-electron chi connectivity index (χ4n) is 2.19. The maximum atomic E-state index is 13.3. The molecule has 4 nitrogen and oxygen atoms in total. The fourth-order valence-corrected chi connectivity index (χ4v) is 2.63. The number of benzene rings is 1. The summed E-state index contributed by atoms with van der Waals surface area (Å²) < 4.78 is 13.4. The Morgan fingerprint density at radius 1 is 1.25 bits per heavy atom. The molecule has 0 aromatic heterocycles. The minimum absolute atomic E-state index is 0.0538. The van der Waals surface area contributed by atoms with Gasteiger partial charge >= 0.3 is 0 Å². The molecule has 0 atom stereocenters. The van der Waals surface area contributed by atoms with E-state index in [4.69, 9.17) is 0 Å². The first-order chi connectivity index (χ1) is 9.59. The van der Waals surface area contributed by atoms with E-state index >= 15 is 0 Å². The maximum absolute atomic E-state index is 13.3. The molecule has 0 bridgehead atoms. The standard InChI is InChI=1S/C14H16BrFN2O2/c15-13-10(5-4-6-11(13)16)14(20)17-9-12(19)18-7-2-1-3-8-18/h4-6H,1-3,7-9H2,(H,17,20). The lowest BCUT2D eigenvalue weighted by Crippen LogP contribution is -2.42. The van der Waals surface area contributed by atoms with E-state index in [0.717, 1.165) is 32.4 Å². The van der Waals surface area contributed by atoms with E-state index in [1.165, 1.54) is 18.2 Å². The first-order valence-corrected chi connectivity index (χ1v) is 7.39. The van der Waals surface area contributed by atoms with E-state index in [0.29, 0.717) is 0 Å². The summed E-state index contributed by atoms with van der Waals surface area (Å²) in [5.74, 6) is -1.05. The number of carbonyl (C=O) groups is 2. The van der Waals surface area contributed by atoms with Crippen LogP contribution in [0.4, 0.5) is 4.39 Å². The molecule has 2 rings (SSSR count). The van der Waals surface area contributed by atoms with Gasteiger partial charge in [0.05, 0.1) is 16.6 Å². The van der Waals surface area contributed by atoms with Crippen molar-refractivity contribution >= 4 is 27.7 Å². The quantitative estimate of drug-likeness (QED) is 0.916. The third-order valence-electron chi connectivity index (χ3n) is 3.31. The Kier molecular flexibility index (Phi) is 5.11. The molecule has 1 aliphatic rings. The zero-order valence-electron chi connectivity index (χ0n) is 11.0. The van der Waals surface area contributed by atoms with Crippen LogP contribution in [0, 0.1) is 5.82 Å². The molecule has 1 aromatic carbocycles. The monoisotopic (exact) mass is 342 g/mol. The molecule has 0 saturated carbocycles. The summed E-state index contributed by atoms with van der Waals surface area (Å²) in [5.41, 5.74) is 0.191. The van der Waals surface area contributed by atoms with Crippen molar-refractivity contribution in [3.05, 3.63) is 34.1 Å². The van der Waals surface area contributed by atoms with Crippen molar-refractivity contribution in [1.82, 2.24) is 10.2 Å². The van der Waals surface area contributed by atoms with Gasteiger partial charge in [0.15, 0.2) is 0 Å². The van der Waals surface area contributed by atoms with Gasteiger partial charge in [-0.1, -0.05) is 6.07 Å². The van der Waals surface area contributed by atoms with E-state index in [1.807, 2.05) is 0 Å². The maximum Gasteiger partial charge on any atom is 0.252 e. The number of nitrogens with one attached hydrogen (secondary N) is 1. The highest BCUT2D eigenvalue weighted by molar-refractivity contribution is 9.10. The van der Waals surface area contributed by atoms with Crippen LogP contribution >= 0.6 is 15.9 Å². The van der Waals surface area contributed by atoms with Crippen molar-refractivity contribution in [3.8, 4) is 0 Å². The third kappa shape index (κ3) is 3.56. The predicted octanol–water partition coefficient (Wildman–Crippen LogP) is 2.33. The van der Waals surface area contributed by atoms with Gasteiger partial charge in [-0.3, -0.25) is 9.59 Å². The van der Waals surface area contributed by atoms with Gasteiger partial charge in [-0.2, -0.15) is 0 Å². The van der Waals surface area contributed by atoms with Crippen LogP contribution in [0.2, 0.25) is 0 Å². The molecular formula is C14H16BrFN2O2. The van der Waals surface area contributed by atoms with Crippen LogP contribution in [0.15, 0.2) is 22.7 Å². The molecule has 1 aliphatic heterocycles. The van der Waals surface area contributed by atoms with E-state index in [1.54, 1.807) is 4.90 Å². The molecule has 0 aliphatic carbocycles. The van der Waals surface area contributed by atoms with E-state index < -0.39 is 11.7 Å². The lowest BCUT2D eigenvalue weighted by molar-refractivity contribution is -0.130. The number of piperidine rings is 1. The number of carbonyl (C=O) groups excluding carboxylic acids is 2. The van der Waals surface area contributed by atoms with E-state index in [-0.39, 0.29) is 22.5 Å². The van der Waals surface area contributed by atoms with Crippen molar-refractivity contribution in [2.45, 2.75) is 19.3 Å². The van der Waals surface area contributed by atoms with Crippen LogP contribution in [-0.4, -0.2) is 36.3 Å². The molecule has 0 radical (unpaired) electrons. The molecular weight excluding hydrogens is 327 g/mol. The summed E-state index contributed by atoms with van der Waals surface area (Å²) in [5, 5.41) is 2.54. The minimum atomic E-state index is -0.500. The third-order valence-corrected chi connectivity index (χ3v) is 4.11. The van der Waals surface area contributed by atoms with Crippen molar-refractivity contribution in [2.75, 3.05) is 19.6 Å². The van der Waals surface area contributed by atoms with Gasteiger partial charge in [-0.15, -0.1) is 0 Å². The Morgan fingerprint density at radius 3 is 2.65 bits per heavy atom. The summed E-state index contributed by atoms with van der Waals surface area (Å²) in [6, 6.07) is 4.23. The summed E-state index contributed by atoms with van der Waals surface area (Å²) in [4.78, 5) is 25.6. The first kappa shape index (κ1) is 15.0. The van der Waals surface area contributed by atoms with Gasteiger partial charge < -0.3 is 10.2 Å². The van der Waals surface area contributed by atoms with Gasteiger partial charge in [0.1, 0.15) is 5.82 Å². The predicted molar refractivity (Wildman–Crippen MR) is 76.9 cm³/mol. The van der Waals surface area contributed by atoms with Crippen molar-refractivity contribution in [3.63, 3.8) is 0 Å². The highest BCUT2D eigenvalue weighted by Gasteiger charge is 2.18. The molecule has 1 saturated heterocycles. The highest BCUT2D eigenvalue weighted by Crippen LogP contribution is 2.20. The van der Waals surface area contributed by atoms with Crippen molar-refractivity contribution in [1.29, 1.82) is 0 Å². The summed E-state index contributed by atoms with van der Waals surface area (Å²) in [7, 11) is 0. The Hall–Kier alpha value is -1.43. The van der Waals surface area contributed by atoms with Crippen LogP contribution in [0.25, 0.3) is 0 Å². The number of likely N-dealkylation sites (tertiary alicyclic amines) is 1. The fraction of sp³-hybridized carbons (Fsp3) is 0.429. The molecule has 20 heavy (non-hydrogen) atoms. The Labute approximate surface area is 125 Å². The summed E-state index contributed by atoms with van der Waals surface area (Å²) >= 11 is 3.03. The van der Waals surface area contributed by atoms with Gasteiger partial charge in [-0.25, -0.2) is 4.39 Å². The molecule has 0 unspecified atom stereocenters. The number of rotatable bonds is 3. The lowest BCUT2D eigenvalue weighted by atomic mass is 10.1. The van der Waals surface area contributed by atoms with Gasteiger partial charge in [-0.05, 0) is 47.3 Å². The van der Waals surface area contributed by atoms with Crippen molar-refractivity contribution in [2.24, 2.45) is 0 Å². The Bertz CT molecular complexity index is 516. The zero-order valence-corrected chi connectivity index (χ0v) is 12.6. The molecule has 108 valence electrons. The van der Waals surface area contributed by atoms with Gasteiger partial charge in [0.2, 0.25) is 5.91 Å². The number of halogens is 2. The largest absolute Gasteiger partial charge is 0.343 e. The Balaban J connectivity index is 1.91. The highest BCUT2D eigenvalue weighted by atomic mass is 79.9. The minimum Gasteiger partial charge on any atom is -0.343 e. The second-order valence-corrected chi connectivity index (χ2v) is 5.52. The second kappa shape index (κ2) is 6.83. The molecule has 1 heterocycles. The topological polar surface area (TPSA) is 49.4 Å². The van der Waals surface area contributed by atoms with Crippen LogP contribution < -0.4 is 5.32 Å². The molecule has 1 aromatic rings.